The largest absolute Gasteiger partial charge is 0.321 e. The lowest BCUT2D eigenvalue weighted by atomic mass is 10.2. The predicted molar refractivity (Wildman–Crippen MR) is 123 cm³/mol. The molecule has 2 aromatic carbocycles. The Balaban J connectivity index is 1.35. The van der Waals surface area contributed by atoms with Crippen LogP contribution in [0.1, 0.15) is 15.4 Å². The summed E-state index contributed by atoms with van der Waals surface area (Å²) >= 11 is 2.96. The Morgan fingerprint density at radius 2 is 1.57 bits per heavy atom. The fraction of sp³-hybridized carbons (Fsp3) is 0.0435. The Bertz CT molecular complexity index is 1310. The van der Waals surface area contributed by atoms with Gasteiger partial charge in [0, 0.05) is 23.0 Å². The molecule has 0 fully saturated rings. The van der Waals surface area contributed by atoms with Crippen molar-refractivity contribution < 1.29 is 4.79 Å². The van der Waals surface area contributed by atoms with Gasteiger partial charge in [-0.3, -0.25) is 4.79 Å². The number of benzene rings is 2. The number of carbonyl (C=O) groups is 1. The Hall–Kier alpha value is -3.42. The number of nitrogens with one attached hydrogen (secondary N) is 1. The van der Waals surface area contributed by atoms with Gasteiger partial charge in [-0.1, -0.05) is 41.7 Å². The van der Waals surface area contributed by atoms with Crippen molar-refractivity contribution in [2.75, 3.05) is 5.32 Å². The molecule has 1 amide bonds. The van der Waals surface area contributed by atoms with Crippen molar-refractivity contribution in [1.29, 1.82) is 0 Å². The molecule has 0 spiro atoms. The highest BCUT2D eigenvalue weighted by Gasteiger charge is 2.16. The first-order chi connectivity index (χ1) is 14.7. The van der Waals surface area contributed by atoms with Crippen molar-refractivity contribution in [3.05, 3.63) is 83.5 Å². The summed E-state index contributed by atoms with van der Waals surface area (Å²) in [5.74, 6) is -0.149. The summed E-state index contributed by atoms with van der Waals surface area (Å²) in [6.07, 6.45) is 1.77. The van der Waals surface area contributed by atoms with Crippen LogP contribution >= 0.6 is 22.7 Å². The highest BCUT2D eigenvalue weighted by atomic mass is 32.1. The first-order valence-electron chi connectivity index (χ1n) is 9.33. The summed E-state index contributed by atoms with van der Waals surface area (Å²) < 4.78 is 0. The lowest BCUT2D eigenvalue weighted by Gasteiger charge is -2.05. The first kappa shape index (κ1) is 18.6. The Labute approximate surface area is 181 Å². The van der Waals surface area contributed by atoms with Crippen LogP contribution < -0.4 is 5.32 Å². The molecule has 3 aromatic heterocycles. The Morgan fingerprint density at radius 3 is 2.33 bits per heavy atom. The van der Waals surface area contributed by atoms with E-state index < -0.39 is 0 Å². The lowest BCUT2D eigenvalue weighted by Crippen LogP contribution is -2.11. The molecular weight excluding hydrogens is 412 g/mol. The number of amides is 1. The lowest BCUT2D eigenvalue weighted by molar-refractivity contribution is 0.103. The molecule has 7 heteroatoms. The van der Waals surface area contributed by atoms with Gasteiger partial charge >= 0.3 is 0 Å². The molecule has 5 nitrogen and oxygen atoms in total. The van der Waals surface area contributed by atoms with E-state index in [0.29, 0.717) is 4.88 Å². The number of aromatic nitrogens is 3. The number of fused-ring (bicyclic) bond motifs is 1. The summed E-state index contributed by atoms with van der Waals surface area (Å²) in [5.41, 5.74) is 4.37. The van der Waals surface area contributed by atoms with Gasteiger partial charge in [-0.15, -0.1) is 11.3 Å². The average Bonchev–Trinajstić information content (AvgIpc) is 3.38. The minimum absolute atomic E-state index is 0.149. The molecule has 146 valence electrons. The maximum absolute atomic E-state index is 12.8. The molecule has 0 bridgehead atoms. The van der Waals surface area contributed by atoms with Gasteiger partial charge in [0.25, 0.3) is 5.91 Å². The van der Waals surface area contributed by atoms with Gasteiger partial charge in [0.1, 0.15) is 25.2 Å². The van der Waals surface area contributed by atoms with E-state index in [9.17, 15) is 4.79 Å². The normalized spacial score (nSPS) is 11.0. The van der Waals surface area contributed by atoms with Crippen LogP contribution in [-0.4, -0.2) is 20.9 Å². The van der Waals surface area contributed by atoms with Crippen LogP contribution in [0.3, 0.4) is 0 Å². The maximum Gasteiger partial charge on any atom is 0.267 e. The summed E-state index contributed by atoms with van der Waals surface area (Å²) in [6.45, 7) is 1.86. The van der Waals surface area contributed by atoms with Crippen molar-refractivity contribution in [2.24, 2.45) is 0 Å². The van der Waals surface area contributed by atoms with Crippen LogP contribution in [0.25, 0.3) is 31.5 Å². The third-order valence-corrected chi connectivity index (χ3v) is 6.81. The number of hydrogen-bond donors (Lipinski definition) is 1. The SMILES string of the molecule is Cc1nc(-c2ccccc2)sc1C(=O)Nc1ccc(-c2nc3cccnc3s2)cc1. The summed E-state index contributed by atoms with van der Waals surface area (Å²) in [7, 11) is 0. The second kappa shape index (κ2) is 7.78. The second-order valence-electron chi connectivity index (χ2n) is 6.68. The van der Waals surface area contributed by atoms with Crippen LogP contribution in [0.2, 0.25) is 0 Å². The number of hydrogen-bond acceptors (Lipinski definition) is 6. The van der Waals surface area contributed by atoms with Crippen LogP contribution in [0.15, 0.2) is 72.9 Å². The highest BCUT2D eigenvalue weighted by molar-refractivity contribution is 7.21. The monoisotopic (exact) mass is 428 g/mol. The number of pyridine rings is 1. The quantitative estimate of drug-likeness (QED) is 0.379. The van der Waals surface area contributed by atoms with Crippen LogP contribution in [0.4, 0.5) is 5.69 Å². The van der Waals surface area contributed by atoms with Gasteiger partial charge < -0.3 is 5.32 Å². The molecule has 0 radical (unpaired) electrons. The van der Waals surface area contributed by atoms with E-state index in [1.54, 1.807) is 17.5 Å². The van der Waals surface area contributed by atoms with Crippen LogP contribution in [0.5, 0.6) is 0 Å². The standard InChI is InChI=1S/C23H16N4OS2/c1-14-19(29-21(25-14)15-6-3-2-4-7-15)20(28)26-17-11-9-16(10-12-17)22-27-18-8-5-13-24-23(18)30-22/h2-13H,1H3,(H,26,28). The van der Waals surface area contributed by atoms with Gasteiger partial charge in [-0.25, -0.2) is 15.0 Å². The molecule has 0 saturated carbocycles. The summed E-state index contributed by atoms with van der Waals surface area (Å²) in [4.78, 5) is 27.9. The molecule has 0 unspecified atom stereocenters. The van der Waals surface area contributed by atoms with Crippen LogP contribution in [0, 0.1) is 6.92 Å². The second-order valence-corrected chi connectivity index (χ2v) is 8.65. The first-order valence-corrected chi connectivity index (χ1v) is 11.0. The molecule has 0 atom stereocenters. The minimum Gasteiger partial charge on any atom is -0.321 e. The molecular formula is C23H16N4OS2. The Kier molecular flexibility index (Phi) is 4.82. The zero-order valence-electron chi connectivity index (χ0n) is 16.0. The molecule has 0 aliphatic heterocycles. The fourth-order valence-electron chi connectivity index (χ4n) is 3.09. The van der Waals surface area contributed by atoms with E-state index in [-0.39, 0.29) is 5.91 Å². The number of rotatable bonds is 4. The van der Waals surface area contributed by atoms with Crippen molar-refractivity contribution in [3.8, 4) is 21.1 Å². The predicted octanol–water partition coefficient (Wildman–Crippen LogP) is 6.04. The van der Waals surface area contributed by atoms with E-state index in [1.807, 2.05) is 73.7 Å². The molecule has 0 aliphatic rings. The van der Waals surface area contributed by atoms with E-state index >= 15 is 0 Å². The fourth-order valence-corrected chi connectivity index (χ4v) is 4.97. The van der Waals surface area contributed by atoms with Gasteiger partial charge in [-0.05, 0) is 43.3 Å². The Morgan fingerprint density at radius 1 is 0.833 bits per heavy atom. The highest BCUT2D eigenvalue weighted by Crippen LogP contribution is 2.31. The van der Waals surface area contributed by atoms with Crippen LogP contribution in [-0.2, 0) is 0 Å². The third kappa shape index (κ3) is 3.60. The minimum atomic E-state index is -0.149. The molecule has 5 rings (SSSR count). The van der Waals surface area contributed by atoms with E-state index in [0.717, 1.165) is 42.9 Å². The van der Waals surface area contributed by atoms with Gasteiger partial charge in [0.15, 0.2) is 0 Å². The number of nitrogens with zero attached hydrogens (tertiary/aromatic N) is 3. The number of aryl methyl sites for hydroxylation is 1. The smallest absolute Gasteiger partial charge is 0.267 e. The zero-order chi connectivity index (χ0) is 20.5. The molecule has 0 saturated heterocycles. The third-order valence-electron chi connectivity index (χ3n) is 4.58. The molecule has 3 heterocycles. The molecule has 30 heavy (non-hydrogen) atoms. The van der Waals surface area contributed by atoms with Crippen molar-refractivity contribution >= 4 is 44.6 Å². The number of carbonyl (C=O) groups excluding carboxylic acids is 1. The van der Waals surface area contributed by atoms with Gasteiger partial charge in [0.2, 0.25) is 0 Å². The summed E-state index contributed by atoms with van der Waals surface area (Å²) in [6, 6.07) is 21.4. The summed E-state index contributed by atoms with van der Waals surface area (Å²) in [5, 5.41) is 4.73. The molecule has 0 aliphatic carbocycles. The number of thiazole rings is 2. The average molecular weight is 429 g/mol. The van der Waals surface area contributed by atoms with Gasteiger partial charge in [0.05, 0.1) is 5.69 Å². The van der Waals surface area contributed by atoms with E-state index in [2.05, 4.69) is 20.3 Å². The zero-order valence-corrected chi connectivity index (χ0v) is 17.6. The maximum atomic E-state index is 12.8. The molecule has 5 aromatic rings. The van der Waals surface area contributed by atoms with E-state index in [1.165, 1.54) is 11.3 Å². The van der Waals surface area contributed by atoms with Crippen molar-refractivity contribution in [1.82, 2.24) is 15.0 Å². The topological polar surface area (TPSA) is 67.8 Å². The van der Waals surface area contributed by atoms with Crippen molar-refractivity contribution in [3.63, 3.8) is 0 Å². The van der Waals surface area contributed by atoms with Gasteiger partial charge in [-0.2, -0.15) is 0 Å². The van der Waals surface area contributed by atoms with Crippen molar-refractivity contribution in [2.45, 2.75) is 6.92 Å². The van der Waals surface area contributed by atoms with E-state index in [4.69, 9.17) is 0 Å². The molecule has 1 N–H and O–H groups in total. The number of anilines is 1.